The van der Waals surface area contributed by atoms with E-state index < -0.39 is 15.3 Å². The number of sulfonamides is 1. The highest BCUT2D eigenvalue weighted by molar-refractivity contribution is 7.89. The molecule has 0 spiro atoms. The number of aryl methyl sites for hydroxylation is 1. The molecule has 1 N–H and O–H groups in total. The van der Waals surface area contributed by atoms with E-state index in [0.717, 1.165) is 0 Å². The van der Waals surface area contributed by atoms with Crippen molar-refractivity contribution in [3.8, 4) is 0 Å². The van der Waals surface area contributed by atoms with E-state index >= 15 is 0 Å². The molecule has 0 fully saturated rings. The predicted octanol–water partition coefficient (Wildman–Crippen LogP) is 0.809. The highest BCUT2D eigenvalue weighted by atomic mass is 32.2. The van der Waals surface area contributed by atoms with Crippen molar-refractivity contribution < 1.29 is 8.42 Å². The van der Waals surface area contributed by atoms with Crippen molar-refractivity contribution in [2.24, 2.45) is 7.05 Å². The lowest BCUT2D eigenvalue weighted by atomic mass is 10.4. The van der Waals surface area contributed by atoms with Gasteiger partial charge in [0.2, 0.25) is 10.0 Å². The molecular formula is C9H17N3O2S. The lowest BCUT2D eigenvalue weighted by Crippen LogP contribution is -2.34. The molecule has 0 amide bonds. The zero-order valence-corrected chi connectivity index (χ0v) is 10.2. The highest BCUT2D eigenvalue weighted by Crippen LogP contribution is 2.18. The molecule has 0 aromatic carbocycles. The first-order valence-corrected chi connectivity index (χ1v) is 6.37. The van der Waals surface area contributed by atoms with Gasteiger partial charge < -0.3 is 4.57 Å². The molecule has 6 heteroatoms. The Kier molecular flexibility index (Phi) is 3.51. The first kappa shape index (κ1) is 12.2. The van der Waals surface area contributed by atoms with E-state index in [0.29, 0.717) is 5.82 Å². The van der Waals surface area contributed by atoms with Crippen molar-refractivity contribution >= 4 is 10.0 Å². The van der Waals surface area contributed by atoms with Crippen molar-refractivity contribution in [3.05, 3.63) is 18.2 Å². The summed E-state index contributed by atoms with van der Waals surface area (Å²) in [5.74, 6) is 0.545. The van der Waals surface area contributed by atoms with Gasteiger partial charge in [-0.2, -0.15) is 0 Å². The molecule has 1 atom stereocenters. The monoisotopic (exact) mass is 231 g/mol. The molecule has 1 aromatic heterocycles. The van der Waals surface area contributed by atoms with Crippen LogP contribution in [0.4, 0.5) is 0 Å². The molecule has 0 radical (unpaired) electrons. The molecule has 5 nitrogen and oxygen atoms in total. The molecule has 0 saturated carbocycles. The minimum atomic E-state index is -3.34. The summed E-state index contributed by atoms with van der Waals surface area (Å²) in [7, 11) is -1.56. The molecule has 0 aliphatic heterocycles. The quantitative estimate of drug-likeness (QED) is 0.834. The fourth-order valence-corrected chi connectivity index (χ4v) is 2.70. The number of imidazole rings is 1. The van der Waals surface area contributed by atoms with Crippen LogP contribution in [0.1, 0.15) is 31.8 Å². The summed E-state index contributed by atoms with van der Waals surface area (Å²) in [6, 6.07) is -0.0993. The van der Waals surface area contributed by atoms with Gasteiger partial charge in [-0.05, 0) is 20.8 Å². The number of nitrogens with zero attached hydrogens (tertiary/aromatic N) is 2. The van der Waals surface area contributed by atoms with Crippen LogP contribution in [0.15, 0.2) is 12.4 Å². The van der Waals surface area contributed by atoms with E-state index in [2.05, 4.69) is 9.71 Å². The normalized spacial score (nSPS) is 14.5. The maximum atomic E-state index is 11.8. The Balaban J connectivity index is 2.95. The summed E-state index contributed by atoms with van der Waals surface area (Å²) >= 11 is 0. The molecule has 0 aliphatic carbocycles. The number of hydrogen-bond donors (Lipinski definition) is 1. The number of aromatic nitrogens is 2. The van der Waals surface area contributed by atoms with Crippen LogP contribution in [0, 0.1) is 0 Å². The van der Waals surface area contributed by atoms with Crippen LogP contribution in [0.5, 0.6) is 0 Å². The fourth-order valence-electron chi connectivity index (χ4n) is 1.34. The van der Waals surface area contributed by atoms with Gasteiger partial charge in [-0.15, -0.1) is 0 Å². The Morgan fingerprint density at radius 3 is 2.40 bits per heavy atom. The molecule has 0 saturated heterocycles. The summed E-state index contributed by atoms with van der Waals surface area (Å²) in [4.78, 5) is 4.03. The number of nitrogens with one attached hydrogen (secondary N) is 1. The Morgan fingerprint density at radius 2 is 2.00 bits per heavy atom. The summed E-state index contributed by atoms with van der Waals surface area (Å²) in [5, 5.41) is -0.639. The third kappa shape index (κ3) is 2.79. The van der Waals surface area contributed by atoms with E-state index in [4.69, 9.17) is 0 Å². The second-order valence-electron chi connectivity index (χ2n) is 3.86. The molecule has 0 aliphatic rings. The van der Waals surface area contributed by atoms with Crippen molar-refractivity contribution in [1.29, 1.82) is 0 Å². The third-order valence-corrected chi connectivity index (χ3v) is 4.03. The van der Waals surface area contributed by atoms with Crippen molar-refractivity contribution in [3.63, 3.8) is 0 Å². The van der Waals surface area contributed by atoms with Gasteiger partial charge in [0, 0.05) is 25.5 Å². The van der Waals surface area contributed by atoms with E-state index in [9.17, 15) is 8.42 Å². The van der Waals surface area contributed by atoms with E-state index in [1.54, 1.807) is 44.8 Å². The molecule has 1 aromatic rings. The van der Waals surface area contributed by atoms with Gasteiger partial charge in [0.05, 0.1) is 0 Å². The smallest absolute Gasteiger partial charge is 0.221 e. The second-order valence-corrected chi connectivity index (χ2v) is 5.89. The minimum Gasteiger partial charge on any atom is -0.337 e. The van der Waals surface area contributed by atoms with Gasteiger partial charge in [0.15, 0.2) is 0 Å². The molecule has 15 heavy (non-hydrogen) atoms. The lowest BCUT2D eigenvalue weighted by Gasteiger charge is -2.15. The first-order chi connectivity index (χ1) is 6.84. The average Bonchev–Trinajstić information content (AvgIpc) is 2.47. The van der Waals surface area contributed by atoms with Gasteiger partial charge in [-0.1, -0.05) is 0 Å². The number of rotatable bonds is 4. The maximum Gasteiger partial charge on any atom is 0.221 e. The molecule has 1 heterocycles. The second kappa shape index (κ2) is 4.32. The van der Waals surface area contributed by atoms with Crippen LogP contribution >= 0.6 is 0 Å². The third-order valence-electron chi connectivity index (χ3n) is 2.09. The Morgan fingerprint density at radius 1 is 1.40 bits per heavy atom. The molecule has 0 unspecified atom stereocenters. The molecule has 86 valence electrons. The summed E-state index contributed by atoms with van der Waals surface area (Å²) in [6.07, 6.45) is 3.33. The van der Waals surface area contributed by atoms with Crippen molar-refractivity contribution in [2.75, 3.05) is 0 Å². The van der Waals surface area contributed by atoms with Crippen LogP contribution in [-0.2, 0) is 17.1 Å². The van der Waals surface area contributed by atoms with Crippen LogP contribution in [0.2, 0.25) is 0 Å². The van der Waals surface area contributed by atoms with Crippen LogP contribution in [0.25, 0.3) is 0 Å². The molecular weight excluding hydrogens is 214 g/mol. The van der Waals surface area contributed by atoms with E-state index in [1.165, 1.54) is 0 Å². The SMILES string of the molecule is CC(C)NS(=O)(=O)[C@@H](C)c1nccn1C. The fraction of sp³-hybridized carbons (Fsp3) is 0.667. The zero-order chi connectivity index (χ0) is 11.6. The maximum absolute atomic E-state index is 11.8. The predicted molar refractivity (Wildman–Crippen MR) is 58.8 cm³/mol. The Labute approximate surface area is 90.6 Å². The first-order valence-electron chi connectivity index (χ1n) is 4.83. The van der Waals surface area contributed by atoms with Gasteiger partial charge in [0.25, 0.3) is 0 Å². The van der Waals surface area contributed by atoms with Gasteiger partial charge >= 0.3 is 0 Å². The zero-order valence-electron chi connectivity index (χ0n) is 9.43. The van der Waals surface area contributed by atoms with Crippen LogP contribution < -0.4 is 4.72 Å². The van der Waals surface area contributed by atoms with Crippen molar-refractivity contribution in [1.82, 2.24) is 14.3 Å². The summed E-state index contributed by atoms with van der Waals surface area (Å²) in [5.41, 5.74) is 0. The van der Waals surface area contributed by atoms with Gasteiger partial charge in [0.1, 0.15) is 11.1 Å². The lowest BCUT2D eigenvalue weighted by molar-refractivity contribution is 0.554. The van der Waals surface area contributed by atoms with Crippen molar-refractivity contribution in [2.45, 2.75) is 32.1 Å². The summed E-state index contributed by atoms with van der Waals surface area (Å²) in [6.45, 7) is 5.22. The highest BCUT2D eigenvalue weighted by Gasteiger charge is 2.26. The summed E-state index contributed by atoms with van der Waals surface area (Å²) < 4.78 is 27.9. The standard InChI is InChI=1S/C9H17N3O2S/c1-7(2)11-15(13,14)8(3)9-10-5-6-12(9)4/h5-8,11H,1-4H3/t8-/m0/s1. The van der Waals surface area contributed by atoms with E-state index in [1.807, 2.05) is 0 Å². The molecule has 1 rings (SSSR count). The van der Waals surface area contributed by atoms with Crippen LogP contribution in [-0.4, -0.2) is 24.0 Å². The van der Waals surface area contributed by atoms with Crippen LogP contribution in [0.3, 0.4) is 0 Å². The Hall–Kier alpha value is -0.880. The number of hydrogen-bond acceptors (Lipinski definition) is 3. The average molecular weight is 231 g/mol. The van der Waals surface area contributed by atoms with Gasteiger partial charge in [-0.3, -0.25) is 0 Å². The largest absolute Gasteiger partial charge is 0.337 e. The van der Waals surface area contributed by atoms with E-state index in [-0.39, 0.29) is 6.04 Å². The minimum absolute atomic E-state index is 0.0993. The van der Waals surface area contributed by atoms with Gasteiger partial charge in [-0.25, -0.2) is 18.1 Å². The topological polar surface area (TPSA) is 64.0 Å². The molecule has 0 bridgehead atoms. The Bertz CT molecular complexity index is 422.